The number of rotatable bonds is 0. The lowest BCUT2D eigenvalue weighted by atomic mass is 9.42. The first-order valence-electron chi connectivity index (χ1n) is 10.0. The average molecular weight is 328 g/mol. The Labute approximate surface area is 147 Å². The van der Waals surface area contributed by atoms with Gasteiger partial charge in [-0.1, -0.05) is 39.8 Å². The molecule has 4 aliphatic rings. The molecule has 5 atom stereocenters. The number of aryl methyl sites for hydroxylation is 1. The van der Waals surface area contributed by atoms with Crippen molar-refractivity contribution in [3.05, 3.63) is 28.8 Å². The fraction of sp³-hybridized carbons (Fsp3) is 0.727. The molecule has 0 radical (unpaired) electrons. The molecule has 1 spiro atoms. The zero-order chi connectivity index (χ0) is 17.3. The number of likely N-dealkylation sites (tertiary alicyclic amines) is 1. The van der Waals surface area contributed by atoms with Crippen LogP contribution in [-0.4, -0.2) is 30.6 Å². The van der Waals surface area contributed by atoms with Crippen LogP contribution in [0.5, 0.6) is 5.75 Å². The van der Waals surface area contributed by atoms with Gasteiger partial charge in [0.25, 0.3) is 0 Å². The number of hydrogen-bond donors (Lipinski definition) is 0. The first kappa shape index (κ1) is 16.4. The van der Waals surface area contributed by atoms with Crippen molar-refractivity contribution >= 4 is 0 Å². The molecule has 2 aliphatic heterocycles. The van der Waals surface area contributed by atoms with Gasteiger partial charge in [0.2, 0.25) is 0 Å². The van der Waals surface area contributed by atoms with Crippen LogP contribution in [0.3, 0.4) is 0 Å². The Hall–Kier alpha value is -1.02. The highest BCUT2D eigenvalue weighted by Crippen LogP contribution is 2.70. The van der Waals surface area contributed by atoms with Crippen molar-refractivity contribution in [2.45, 2.75) is 83.8 Å². The molecule has 2 unspecified atom stereocenters. The van der Waals surface area contributed by atoms with Crippen molar-refractivity contribution in [2.75, 3.05) is 13.6 Å². The van der Waals surface area contributed by atoms with Gasteiger partial charge >= 0.3 is 0 Å². The quantitative estimate of drug-likeness (QED) is 0.662. The van der Waals surface area contributed by atoms with E-state index in [1.165, 1.54) is 43.5 Å². The Morgan fingerprint density at radius 2 is 1.96 bits per heavy atom. The molecule has 2 fully saturated rings. The van der Waals surface area contributed by atoms with Crippen molar-refractivity contribution in [3.63, 3.8) is 0 Å². The molecule has 5 rings (SSSR count). The van der Waals surface area contributed by atoms with Gasteiger partial charge in [0.05, 0.1) is 0 Å². The Balaban J connectivity index is 0.000000704. The predicted octanol–water partition coefficient (Wildman–Crippen LogP) is 5.03. The van der Waals surface area contributed by atoms with E-state index < -0.39 is 0 Å². The van der Waals surface area contributed by atoms with E-state index >= 15 is 0 Å². The van der Waals surface area contributed by atoms with Crippen molar-refractivity contribution in [2.24, 2.45) is 5.41 Å². The summed E-state index contributed by atoms with van der Waals surface area (Å²) in [6.45, 7) is 12.5. The number of likely N-dealkylation sites (N-methyl/N-ethyl adjacent to an activating group) is 1. The molecule has 2 aliphatic carbocycles. The fourth-order valence-electron chi connectivity index (χ4n) is 7.00. The lowest BCUT2D eigenvalue weighted by molar-refractivity contribution is -0.115. The van der Waals surface area contributed by atoms with Crippen LogP contribution in [0.4, 0.5) is 0 Å². The minimum absolute atomic E-state index is 0.283. The first-order valence-corrected chi connectivity index (χ1v) is 10.0. The average Bonchev–Trinajstić information content (AvgIpc) is 2.91. The maximum atomic E-state index is 6.64. The second kappa shape index (κ2) is 5.24. The predicted molar refractivity (Wildman–Crippen MR) is 100 cm³/mol. The highest BCUT2D eigenvalue weighted by Gasteiger charge is 2.69. The lowest BCUT2D eigenvalue weighted by Gasteiger charge is -2.65. The van der Waals surface area contributed by atoms with E-state index in [-0.39, 0.29) is 5.41 Å². The van der Waals surface area contributed by atoms with Gasteiger partial charge in [0.1, 0.15) is 11.9 Å². The second-order valence-electron chi connectivity index (χ2n) is 8.53. The Bertz CT molecular complexity index is 668. The molecule has 2 heterocycles. The normalized spacial score (nSPS) is 41.8. The minimum atomic E-state index is 0.283. The molecule has 2 heteroatoms. The SMILES string of the molecule is CC.Cc1ccc2c3c1O[C@H]1CCCC4(C)[C@@H](C2C)N(C)CC[C@]314. The molecule has 1 aromatic rings. The summed E-state index contributed by atoms with van der Waals surface area (Å²) in [7, 11) is 2.35. The third-order valence-electron chi connectivity index (χ3n) is 7.77. The highest BCUT2D eigenvalue weighted by atomic mass is 16.5. The molecule has 1 saturated carbocycles. The summed E-state index contributed by atoms with van der Waals surface area (Å²) < 4.78 is 6.64. The van der Waals surface area contributed by atoms with E-state index in [9.17, 15) is 0 Å². The van der Waals surface area contributed by atoms with Crippen LogP contribution in [-0.2, 0) is 5.41 Å². The standard InChI is InChI=1S/C20H27NO.C2H6/c1-12-7-8-14-13(2)18-19(3)9-5-6-15-20(19,10-11-21(18)4)16(14)17(12)22-15;1-2/h7-8,13,15,18H,5-6,9-11H2,1-4H3;1-2H3/t13?,15-,18+,19?,20+;/m0./s1. The van der Waals surface area contributed by atoms with Crippen LogP contribution in [0, 0.1) is 12.3 Å². The minimum Gasteiger partial charge on any atom is -0.489 e. The maximum Gasteiger partial charge on any atom is 0.126 e. The molecule has 0 N–H and O–H groups in total. The van der Waals surface area contributed by atoms with E-state index in [2.05, 4.69) is 44.9 Å². The van der Waals surface area contributed by atoms with E-state index in [1.807, 2.05) is 13.8 Å². The third-order valence-corrected chi connectivity index (χ3v) is 7.77. The van der Waals surface area contributed by atoms with E-state index in [4.69, 9.17) is 4.74 Å². The van der Waals surface area contributed by atoms with Gasteiger partial charge in [-0.2, -0.15) is 0 Å². The van der Waals surface area contributed by atoms with Crippen LogP contribution in [0.15, 0.2) is 12.1 Å². The Kier molecular flexibility index (Phi) is 3.59. The van der Waals surface area contributed by atoms with Gasteiger partial charge in [0.15, 0.2) is 0 Å². The Morgan fingerprint density at radius 3 is 2.71 bits per heavy atom. The third kappa shape index (κ3) is 1.62. The Morgan fingerprint density at radius 1 is 1.21 bits per heavy atom. The fourth-order valence-corrected chi connectivity index (χ4v) is 7.00. The van der Waals surface area contributed by atoms with Crippen LogP contribution >= 0.6 is 0 Å². The number of hydrogen-bond acceptors (Lipinski definition) is 2. The smallest absolute Gasteiger partial charge is 0.126 e. The second-order valence-corrected chi connectivity index (χ2v) is 8.53. The van der Waals surface area contributed by atoms with E-state index in [1.54, 1.807) is 11.1 Å². The first-order chi connectivity index (χ1) is 11.5. The molecule has 2 bridgehead atoms. The van der Waals surface area contributed by atoms with Crippen LogP contribution < -0.4 is 4.74 Å². The van der Waals surface area contributed by atoms with Crippen molar-refractivity contribution in [3.8, 4) is 5.75 Å². The number of benzene rings is 1. The molecule has 132 valence electrons. The molecule has 0 amide bonds. The number of ether oxygens (including phenoxy) is 1. The van der Waals surface area contributed by atoms with Gasteiger partial charge in [-0.3, -0.25) is 0 Å². The van der Waals surface area contributed by atoms with Gasteiger partial charge in [0, 0.05) is 17.0 Å². The van der Waals surface area contributed by atoms with Gasteiger partial charge < -0.3 is 9.64 Å². The summed E-state index contributed by atoms with van der Waals surface area (Å²) >= 11 is 0. The van der Waals surface area contributed by atoms with Crippen molar-refractivity contribution < 1.29 is 4.74 Å². The molecule has 24 heavy (non-hydrogen) atoms. The zero-order valence-electron chi connectivity index (χ0n) is 16.3. The summed E-state index contributed by atoms with van der Waals surface area (Å²) in [5.41, 5.74) is 5.20. The largest absolute Gasteiger partial charge is 0.489 e. The lowest BCUT2D eigenvalue weighted by Crippen LogP contribution is -2.69. The van der Waals surface area contributed by atoms with Crippen molar-refractivity contribution in [1.29, 1.82) is 0 Å². The summed E-state index contributed by atoms with van der Waals surface area (Å²) in [4.78, 5) is 2.65. The summed E-state index contributed by atoms with van der Waals surface area (Å²) in [6, 6.07) is 5.36. The molecule has 0 aromatic heterocycles. The van der Waals surface area contributed by atoms with Crippen LogP contribution in [0.1, 0.15) is 76.0 Å². The van der Waals surface area contributed by atoms with Gasteiger partial charge in [-0.25, -0.2) is 0 Å². The molecular formula is C22H33NO. The topological polar surface area (TPSA) is 12.5 Å². The van der Waals surface area contributed by atoms with Gasteiger partial charge in [-0.15, -0.1) is 0 Å². The monoisotopic (exact) mass is 327 g/mol. The zero-order valence-corrected chi connectivity index (χ0v) is 16.3. The molecule has 2 nitrogen and oxygen atoms in total. The number of piperidine rings is 1. The summed E-state index contributed by atoms with van der Waals surface area (Å²) in [5.74, 6) is 1.86. The van der Waals surface area contributed by atoms with E-state index in [0.717, 1.165) is 0 Å². The van der Waals surface area contributed by atoms with Crippen LogP contribution in [0.25, 0.3) is 0 Å². The van der Waals surface area contributed by atoms with Gasteiger partial charge in [-0.05, 0) is 68.7 Å². The molecule has 1 aromatic carbocycles. The highest BCUT2D eigenvalue weighted by molar-refractivity contribution is 5.60. The maximum absolute atomic E-state index is 6.64. The van der Waals surface area contributed by atoms with E-state index in [0.29, 0.717) is 23.5 Å². The summed E-state index contributed by atoms with van der Waals surface area (Å²) in [6.07, 6.45) is 5.62. The van der Waals surface area contributed by atoms with Crippen LogP contribution in [0.2, 0.25) is 0 Å². The molecule has 1 saturated heterocycles. The summed E-state index contributed by atoms with van der Waals surface area (Å²) in [5, 5.41) is 0. The molecular weight excluding hydrogens is 294 g/mol. The van der Waals surface area contributed by atoms with Crippen molar-refractivity contribution in [1.82, 2.24) is 4.90 Å². The number of nitrogens with zero attached hydrogens (tertiary/aromatic N) is 1.